The molecule has 3 aromatic rings. The van der Waals surface area contributed by atoms with Gasteiger partial charge in [0.05, 0.1) is 45.8 Å². The summed E-state index contributed by atoms with van der Waals surface area (Å²) in [6.07, 6.45) is 2.71. The van der Waals surface area contributed by atoms with Gasteiger partial charge in [0.25, 0.3) is 0 Å². The number of aromatic nitrogens is 2. The van der Waals surface area contributed by atoms with E-state index in [1.54, 1.807) is 28.4 Å². The van der Waals surface area contributed by atoms with Crippen LogP contribution in [-0.2, 0) is 13.0 Å². The molecule has 4 rings (SSSR count). The lowest BCUT2D eigenvalue weighted by Gasteiger charge is -2.37. The standard InChI is InChI=1S/C22H25N3O4/c1-13-6-14-7-19(26-2)20(27-3)8-15(14)12-25(13)18-11-23-24-17-10-22(29-5)21(28-4)9-16(17)18/h7-11,13H,6,12H2,1-5H3. The van der Waals surface area contributed by atoms with Crippen LogP contribution in [0.4, 0.5) is 5.69 Å². The highest BCUT2D eigenvalue weighted by Crippen LogP contribution is 2.40. The number of anilines is 1. The van der Waals surface area contributed by atoms with E-state index in [1.807, 2.05) is 18.3 Å². The van der Waals surface area contributed by atoms with Gasteiger partial charge < -0.3 is 23.8 Å². The maximum absolute atomic E-state index is 5.50. The third kappa shape index (κ3) is 3.26. The molecule has 29 heavy (non-hydrogen) atoms. The van der Waals surface area contributed by atoms with E-state index in [2.05, 4.69) is 34.2 Å². The van der Waals surface area contributed by atoms with E-state index in [1.165, 1.54) is 11.1 Å². The first kappa shape index (κ1) is 19.1. The van der Waals surface area contributed by atoms with Gasteiger partial charge in [0.1, 0.15) is 0 Å². The molecule has 0 aliphatic carbocycles. The fourth-order valence-corrected chi connectivity index (χ4v) is 3.99. The van der Waals surface area contributed by atoms with Gasteiger partial charge in [0.15, 0.2) is 23.0 Å². The van der Waals surface area contributed by atoms with E-state index >= 15 is 0 Å². The number of nitrogens with zero attached hydrogens (tertiary/aromatic N) is 3. The van der Waals surface area contributed by atoms with Gasteiger partial charge in [-0.2, -0.15) is 10.2 Å². The number of hydrogen-bond acceptors (Lipinski definition) is 7. The van der Waals surface area contributed by atoms with Crippen molar-refractivity contribution in [2.45, 2.75) is 25.9 Å². The second kappa shape index (κ2) is 7.66. The fourth-order valence-electron chi connectivity index (χ4n) is 3.99. The lowest BCUT2D eigenvalue weighted by molar-refractivity contribution is 0.353. The van der Waals surface area contributed by atoms with Crippen molar-refractivity contribution in [2.75, 3.05) is 33.3 Å². The molecule has 7 nitrogen and oxygen atoms in total. The minimum Gasteiger partial charge on any atom is -0.493 e. The Hall–Kier alpha value is -3.22. The molecule has 0 fully saturated rings. The SMILES string of the molecule is COc1cc2c(cc1OC)CN(c1cnnc3cc(OC)c(OC)cc13)C(C)C2. The zero-order valence-corrected chi connectivity index (χ0v) is 17.4. The minimum atomic E-state index is 0.279. The Balaban J connectivity index is 1.80. The van der Waals surface area contributed by atoms with Crippen molar-refractivity contribution in [3.05, 3.63) is 41.6 Å². The molecule has 0 amide bonds. The topological polar surface area (TPSA) is 65.9 Å². The lowest BCUT2D eigenvalue weighted by Crippen LogP contribution is -2.38. The van der Waals surface area contributed by atoms with Gasteiger partial charge in [0.2, 0.25) is 0 Å². The van der Waals surface area contributed by atoms with E-state index in [9.17, 15) is 0 Å². The van der Waals surface area contributed by atoms with Gasteiger partial charge >= 0.3 is 0 Å². The van der Waals surface area contributed by atoms with Crippen LogP contribution in [0.5, 0.6) is 23.0 Å². The second-order valence-electron chi connectivity index (χ2n) is 7.11. The van der Waals surface area contributed by atoms with Crippen molar-refractivity contribution in [3.63, 3.8) is 0 Å². The number of benzene rings is 2. The number of fused-ring (bicyclic) bond motifs is 2. The Morgan fingerprint density at radius 3 is 2.07 bits per heavy atom. The predicted octanol–water partition coefficient (Wildman–Crippen LogP) is 3.62. The van der Waals surface area contributed by atoms with Crippen LogP contribution >= 0.6 is 0 Å². The Bertz CT molecular complexity index is 1050. The summed E-state index contributed by atoms with van der Waals surface area (Å²) in [5, 5.41) is 9.51. The van der Waals surface area contributed by atoms with Crippen LogP contribution in [-0.4, -0.2) is 44.7 Å². The van der Waals surface area contributed by atoms with Crippen molar-refractivity contribution in [3.8, 4) is 23.0 Å². The first-order chi connectivity index (χ1) is 14.1. The Morgan fingerprint density at radius 2 is 1.41 bits per heavy atom. The van der Waals surface area contributed by atoms with E-state index < -0.39 is 0 Å². The molecule has 2 heterocycles. The number of rotatable bonds is 5. The van der Waals surface area contributed by atoms with Crippen LogP contribution in [0.15, 0.2) is 30.5 Å². The third-order valence-electron chi connectivity index (χ3n) is 5.53. The molecule has 1 aliphatic rings. The first-order valence-electron chi connectivity index (χ1n) is 9.47. The van der Waals surface area contributed by atoms with Crippen LogP contribution in [0, 0.1) is 0 Å². The lowest BCUT2D eigenvalue weighted by atomic mass is 9.93. The molecule has 0 saturated heterocycles. The molecule has 0 saturated carbocycles. The van der Waals surface area contributed by atoms with Crippen molar-refractivity contribution in [2.24, 2.45) is 0 Å². The maximum atomic E-state index is 5.50. The molecule has 1 atom stereocenters. The highest BCUT2D eigenvalue weighted by Gasteiger charge is 2.27. The molecule has 0 bridgehead atoms. The molecule has 1 aliphatic heterocycles. The highest BCUT2D eigenvalue weighted by atomic mass is 16.5. The molecule has 0 N–H and O–H groups in total. The highest BCUT2D eigenvalue weighted by molar-refractivity contribution is 5.93. The zero-order valence-electron chi connectivity index (χ0n) is 17.4. The van der Waals surface area contributed by atoms with Crippen LogP contribution in [0.2, 0.25) is 0 Å². The predicted molar refractivity (Wildman–Crippen MR) is 112 cm³/mol. The monoisotopic (exact) mass is 395 g/mol. The molecule has 7 heteroatoms. The first-order valence-corrected chi connectivity index (χ1v) is 9.47. The van der Waals surface area contributed by atoms with Crippen LogP contribution in [0.25, 0.3) is 10.9 Å². The van der Waals surface area contributed by atoms with E-state index in [4.69, 9.17) is 18.9 Å². The van der Waals surface area contributed by atoms with Gasteiger partial charge in [-0.15, -0.1) is 0 Å². The van der Waals surface area contributed by atoms with Gasteiger partial charge in [0, 0.05) is 24.0 Å². The van der Waals surface area contributed by atoms with E-state index in [-0.39, 0.29) is 6.04 Å². The summed E-state index contributed by atoms with van der Waals surface area (Å²) in [5.41, 5.74) is 4.28. The van der Waals surface area contributed by atoms with Crippen LogP contribution in [0.3, 0.4) is 0 Å². The van der Waals surface area contributed by atoms with Crippen molar-refractivity contribution in [1.29, 1.82) is 0 Å². The normalized spacial score (nSPS) is 15.8. The average molecular weight is 395 g/mol. The summed E-state index contributed by atoms with van der Waals surface area (Å²) in [7, 11) is 6.58. The summed E-state index contributed by atoms with van der Waals surface area (Å²) in [6.45, 7) is 2.96. The largest absolute Gasteiger partial charge is 0.493 e. The Kier molecular flexibility index (Phi) is 5.05. The fraction of sp³-hybridized carbons (Fsp3) is 0.364. The number of hydrogen-bond donors (Lipinski definition) is 0. The van der Waals surface area contributed by atoms with Crippen LogP contribution in [0.1, 0.15) is 18.1 Å². The quantitative estimate of drug-likeness (QED) is 0.654. The maximum Gasteiger partial charge on any atom is 0.162 e. The van der Waals surface area contributed by atoms with Gasteiger partial charge in [-0.25, -0.2) is 0 Å². The van der Waals surface area contributed by atoms with Crippen molar-refractivity contribution < 1.29 is 18.9 Å². The molecular formula is C22H25N3O4. The van der Waals surface area contributed by atoms with Crippen molar-refractivity contribution >= 4 is 16.6 Å². The second-order valence-corrected chi connectivity index (χ2v) is 7.11. The van der Waals surface area contributed by atoms with Gasteiger partial charge in [-0.3, -0.25) is 0 Å². The Morgan fingerprint density at radius 1 is 0.828 bits per heavy atom. The third-order valence-corrected chi connectivity index (χ3v) is 5.53. The molecule has 1 unspecified atom stereocenters. The summed E-state index contributed by atoms with van der Waals surface area (Å²) in [4.78, 5) is 2.34. The summed E-state index contributed by atoms with van der Waals surface area (Å²) < 4.78 is 21.9. The number of ether oxygens (including phenoxy) is 4. The van der Waals surface area contributed by atoms with E-state index in [0.717, 1.165) is 41.1 Å². The number of methoxy groups -OCH3 is 4. The summed E-state index contributed by atoms with van der Waals surface area (Å²) in [5.74, 6) is 2.82. The average Bonchev–Trinajstić information content (AvgIpc) is 2.76. The van der Waals surface area contributed by atoms with E-state index in [0.29, 0.717) is 11.5 Å². The van der Waals surface area contributed by atoms with Gasteiger partial charge in [-0.1, -0.05) is 0 Å². The minimum absolute atomic E-state index is 0.279. The molecule has 0 radical (unpaired) electrons. The molecule has 2 aromatic carbocycles. The Labute approximate surface area is 170 Å². The molecule has 152 valence electrons. The molecular weight excluding hydrogens is 370 g/mol. The molecule has 1 aromatic heterocycles. The summed E-state index contributed by atoms with van der Waals surface area (Å²) in [6, 6.07) is 8.25. The molecule has 0 spiro atoms. The summed E-state index contributed by atoms with van der Waals surface area (Å²) >= 11 is 0. The van der Waals surface area contributed by atoms with Gasteiger partial charge in [-0.05, 0) is 42.7 Å². The smallest absolute Gasteiger partial charge is 0.162 e. The zero-order chi connectivity index (χ0) is 20.5. The van der Waals surface area contributed by atoms with Crippen LogP contribution < -0.4 is 23.8 Å². The van der Waals surface area contributed by atoms with Crippen molar-refractivity contribution in [1.82, 2.24) is 10.2 Å².